The summed E-state index contributed by atoms with van der Waals surface area (Å²) in [4.78, 5) is 25.1. The van der Waals surface area contributed by atoms with Crippen molar-refractivity contribution in [3.8, 4) is 0 Å². The molecule has 30 heavy (non-hydrogen) atoms. The molecule has 154 valence electrons. The van der Waals surface area contributed by atoms with Gasteiger partial charge in [0.05, 0.1) is 12.1 Å². The highest BCUT2D eigenvalue weighted by Gasteiger charge is 2.13. The minimum absolute atomic E-state index is 0.0649. The second kappa shape index (κ2) is 10.3. The number of hydrogen-bond donors (Lipinski definition) is 3. The van der Waals surface area contributed by atoms with Gasteiger partial charge in [0.25, 0.3) is 5.91 Å². The standard InChI is InChI=1S/C25H27N3O2/c1-18(2)20-12-6-9-15-23(20)28-24(29)17-26-22-14-8-7-13-21(22)25(30)27-16-19-10-4-3-5-11-19/h3-15,18,26H,16-17H2,1-2H3,(H,27,30)(H,28,29). The lowest BCUT2D eigenvalue weighted by Crippen LogP contribution is -2.26. The molecule has 0 aliphatic heterocycles. The third-order valence-corrected chi connectivity index (χ3v) is 4.76. The van der Waals surface area contributed by atoms with E-state index in [-0.39, 0.29) is 18.4 Å². The Labute approximate surface area is 177 Å². The van der Waals surface area contributed by atoms with E-state index in [1.165, 1.54) is 0 Å². The van der Waals surface area contributed by atoms with Crippen LogP contribution in [0.3, 0.4) is 0 Å². The molecule has 5 nitrogen and oxygen atoms in total. The maximum atomic E-state index is 12.6. The molecule has 0 saturated heterocycles. The zero-order valence-corrected chi connectivity index (χ0v) is 17.3. The van der Waals surface area contributed by atoms with Crippen LogP contribution in [0.25, 0.3) is 0 Å². The van der Waals surface area contributed by atoms with Crippen LogP contribution in [0.2, 0.25) is 0 Å². The summed E-state index contributed by atoms with van der Waals surface area (Å²) in [5.74, 6) is -0.0430. The molecule has 3 aromatic rings. The lowest BCUT2D eigenvalue weighted by molar-refractivity contribution is -0.114. The van der Waals surface area contributed by atoms with Crippen LogP contribution >= 0.6 is 0 Å². The van der Waals surface area contributed by atoms with Crippen LogP contribution in [0.5, 0.6) is 0 Å². The lowest BCUT2D eigenvalue weighted by atomic mass is 10.0. The van der Waals surface area contributed by atoms with E-state index < -0.39 is 0 Å². The van der Waals surface area contributed by atoms with E-state index in [0.717, 1.165) is 16.8 Å². The monoisotopic (exact) mass is 401 g/mol. The zero-order chi connectivity index (χ0) is 21.3. The molecule has 0 aliphatic carbocycles. The van der Waals surface area contributed by atoms with Gasteiger partial charge in [0.2, 0.25) is 5.91 Å². The SMILES string of the molecule is CC(C)c1ccccc1NC(=O)CNc1ccccc1C(=O)NCc1ccccc1. The van der Waals surface area contributed by atoms with Gasteiger partial charge in [-0.1, -0.05) is 74.5 Å². The Morgan fingerprint density at radius 2 is 1.43 bits per heavy atom. The van der Waals surface area contributed by atoms with Crippen LogP contribution in [0, 0.1) is 0 Å². The molecule has 0 spiro atoms. The minimum atomic E-state index is -0.187. The molecular formula is C25H27N3O2. The molecule has 3 aromatic carbocycles. The first-order chi connectivity index (χ1) is 14.5. The maximum Gasteiger partial charge on any atom is 0.253 e. The van der Waals surface area contributed by atoms with E-state index in [4.69, 9.17) is 0 Å². The molecule has 0 fully saturated rings. The number of hydrogen-bond acceptors (Lipinski definition) is 3. The number of nitrogens with one attached hydrogen (secondary N) is 3. The van der Waals surface area contributed by atoms with Crippen LogP contribution in [0.4, 0.5) is 11.4 Å². The summed E-state index contributed by atoms with van der Waals surface area (Å²) in [6.07, 6.45) is 0. The van der Waals surface area contributed by atoms with E-state index in [1.54, 1.807) is 12.1 Å². The van der Waals surface area contributed by atoms with Gasteiger partial charge >= 0.3 is 0 Å². The average molecular weight is 402 g/mol. The van der Waals surface area contributed by atoms with Gasteiger partial charge in [-0.15, -0.1) is 0 Å². The van der Waals surface area contributed by atoms with Crippen LogP contribution in [-0.2, 0) is 11.3 Å². The molecule has 5 heteroatoms. The van der Waals surface area contributed by atoms with Crippen molar-refractivity contribution >= 4 is 23.2 Å². The van der Waals surface area contributed by atoms with Gasteiger partial charge in [-0.3, -0.25) is 9.59 Å². The number of benzene rings is 3. The number of anilines is 2. The molecule has 0 aliphatic rings. The second-order valence-electron chi connectivity index (χ2n) is 7.36. The Kier molecular flexibility index (Phi) is 7.22. The first kappa shape index (κ1) is 21.1. The Morgan fingerprint density at radius 3 is 2.17 bits per heavy atom. The van der Waals surface area contributed by atoms with Crippen molar-refractivity contribution < 1.29 is 9.59 Å². The van der Waals surface area contributed by atoms with Crippen LogP contribution < -0.4 is 16.0 Å². The van der Waals surface area contributed by atoms with Crippen molar-refractivity contribution in [1.29, 1.82) is 0 Å². The van der Waals surface area contributed by atoms with Crippen molar-refractivity contribution in [1.82, 2.24) is 5.32 Å². The first-order valence-corrected chi connectivity index (χ1v) is 10.1. The van der Waals surface area contributed by atoms with Gasteiger partial charge in [0.15, 0.2) is 0 Å². The topological polar surface area (TPSA) is 70.2 Å². The fourth-order valence-corrected chi connectivity index (χ4v) is 3.19. The van der Waals surface area contributed by atoms with Gasteiger partial charge in [-0.25, -0.2) is 0 Å². The fourth-order valence-electron chi connectivity index (χ4n) is 3.19. The molecule has 3 N–H and O–H groups in total. The second-order valence-corrected chi connectivity index (χ2v) is 7.36. The third kappa shape index (κ3) is 5.70. The number of amides is 2. The quantitative estimate of drug-likeness (QED) is 0.508. The molecule has 0 bridgehead atoms. The van der Waals surface area contributed by atoms with Crippen LogP contribution in [-0.4, -0.2) is 18.4 Å². The smallest absolute Gasteiger partial charge is 0.253 e. The summed E-state index contributed by atoms with van der Waals surface area (Å²) in [5.41, 5.74) is 4.05. The van der Waals surface area contributed by atoms with E-state index >= 15 is 0 Å². The maximum absolute atomic E-state index is 12.6. The van der Waals surface area contributed by atoms with E-state index in [9.17, 15) is 9.59 Å². The zero-order valence-electron chi connectivity index (χ0n) is 17.3. The summed E-state index contributed by atoms with van der Waals surface area (Å²) in [6, 6.07) is 24.7. The number of carbonyl (C=O) groups excluding carboxylic acids is 2. The van der Waals surface area contributed by atoms with E-state index in [1.807, 2.05) is 66.7 Å². The molecule has 0 aromatic heterocycles. The van der Waals surface area contributed by atoms with Crippen molar-refractivity contribution in [2.24, 2.45) is 0 Å². The van der Waals surface area contributed by atoms with Crippen LogP contribution in [0.15, 0.2) is 78.9 Å². The number of para-hydroxylation sites is 2. The number of rotatable bonds is 8. The molecule has 3 rings (SSSR count). The molecule has 0 radical (unpaired) electrons. The lowest BCUT2D eigenvalue weighted by Gasteiger charge is -2.15. The molecule has 0 unspecified atom stereocenters. The fraction of sp³-hybridized carbons (Fsp3) is 0.200. The Hall–Kier alpha value is -3.60. The van der Waals surface area contributed by atoms with E-state index in [0.29, 0.717) is 23.7 Å². The minimum Gasteiger partial charge on any atom is -0.376 e. The molecule has 0 heterocycles. The summed E-state index contributed by atoms with van der Waals surface area (Å²) in [6.45, 7) is 4.69. The molecule has 0 saturated carbocycles. The van der Waals surface area contributed by atoms with Crippen molar-refractivity contribution in [2.45, 2.75) is 26.3 Å². The van der Waals surface area contributed by atoms with Gasteiger partial charge < -0.3 is 16.0 Å². The largest absolute Gasteiger partial charge is 0.376 e. The molecular weight excluding hydrogens is 374 g/mol. The van der Waals surface area contributed by atoms with Gasteiger partial charge in [0.1, 0.15) is 0 Å². The molecule has 0 atom stereocenters. The predicted octanol–water partition coefficient (Wildman–Crippen LogP) is 4.79. The van der Waals surface area contributed by atoms with Gasteiger partial charge in [-0.05, 0) is 35.2 Å². The normalized spacial score (nSPS) is 10.5. The predicted molar refractivity (Wildman–Crippen MR) is 122 cm³/mol. The highest BCUT2D eigenvalue weighted by molar-refractivity contribution is 6.01. The highest BCUT2D eigenvalue weighted by Crippen LogP contribution is 2.23. The summed E-state index contributed by atoms with van der Waals surface area (Å²) >= 11 is 0. The highest BCUT2D eigenvalue weighted by atomic mass is 16.2. The Balaban J connectivity index is 1.61. The van der Waals surface area contributed by atoms with Gasteiger partial charge in [-0.2, -0.15) is 0 Å². The Morgan fingerprint density at radius 1 is 0.800 bits per heavy atom. The van der Waals surface area contributed by atoms with Gasteiger partial charge in [0, 0.05) is 17.9 Å². The molecule has 2 amide bonds. The summed E-state index contributed by atoms with van der Waals surface area (Å²) in [5, 5.41) is 8.97. The average Bonchev–Trinajstić information content (AvgIpc) is 2.77. The third-order valence-electron chi connectivity index (χ3n) is 4.76. The Bertz CT molecular complexity index is 1000. The van der Waals surface area contributed by atoms with Crippen LogP contribution in [0.1, 0.15) is 41.3 Å². The summed E-state index contributed by atoms with van der Waals surface area (Å²) < 4.78 is 0. The number of carbonyl (C=O) groups is 2. The first-order valence-electron chi connectivity index (χ1n) is 10.1. The van der Waals surface area contributed by atoms with E-state index in [2.05, 4.69) is 29.8 Å². The van der Waals surface area contributed by atoms with Crippen molar-refractivity contribution in [3.05, 3.63) is 95.6 Å². The van der Waals surface area contributed by atoms with Crippen molar-refractivity contribution in [3.63, 3.8) is 0 Å². The van der Waals surface area contributed by atoms with Crippen molar-refractivity contribution in [2.75, 3.05) is 17.2 Å². The summed E-state index contributed by atoms with van der Waals surface area (Å²) in [7, 11) is 0.